The molecule has 0 aliphatic carbocycles. The van der Waals surface area contributed by atoms with Crippen molar-refractivity contribution >= 4 is 6.16 Å². The van der Waals surface area contributed by atoms with Crippen molar-refractivity contribution in [2.24, 2.45) is 0 Å². The maximum Gasteiger partial charge on any atom is 0.505 e. The van der Waals surface area contributed by atoms with Crippen molar-refractivity contribution in [1.82, 2.24) is 4.98 Å². The van der Waals surface area contributed by atoms with E-state index in [-0.39, 0.29) is 6.61 Å². The fraction of sp³-hybridized carbons (Fsp3) is 0.286. The minimum Gasteiger partial charge on any atom is -0.450 e. The van der Waals surface area contributed by atoms with Gasteiger partial charge in [-0.1, -0.05) is 0 Å². The summed E-state index contributed by atoms with van der Waals surface area (Å²) >= 11 is 0. The first-order valence-corrected chi connectivity index (χ1v) is 3.26. The number of rotatable bonds is 3. The minimum absolute atomic E-state index is 0.215. The number of hydrogen-bond donors (Lipinski definition) is 2. The van der Waals surface area contributed by atoms with Gasteiger partial charge in [-0.15, -0.1) is 0 Å². The number of hydrogen-bond acceptors (Lipinski definition) is 2. The molecule has 4 nitrogen and oxygen atoms in total. The summed E-state index contributed by atoms with van der Waals surface area (Å²) in [5, 5.41) is 8.11. The van der Waals surface area contributed by atoms with Gasteiger partial charge in [-0.2, -0.15) is 0 Å². The molecular formula is C7H9NO3. The van der Waals surface area contributed by atoms with Crippen LogP contribution in [0.5, 0.6) is 0 Å². The predicted octanol–water partition coefficient (Wildman–Crippen LogP) is 1.25. The largest absolute Gasteiger partial charge is 0.505 e. The topological polar surface area (TPSA) is 62.3 Å². The van der Waals surface area contributed by atoms with Crippen LogP contribution in [0, 0.1) is 0 Å². The Hall–Kier alpha value is -1.45. The molecule has 0 aromatic carbocycles. The summed E-state index contributed by atoms with van der Waals surface area (Å²) in [6, 6.07) is 1.88. The number of carboxylic acid groups (broad SMARTS) is 1. The summed E-state index contributed by atoms with van der Waals surface area (Å²) in [5.74, 6) is 0. The maximum absolute atomic E-state index is 9.90. The van der Waals surface area contributed by atoms with Crippen LogP contribution in [0.1, 0.15) is 5.56 Å². The number of ether oxygens (including phenoxy) is 1. The standard InChI is InChI=1S/C7H9NO3/c9-7(10)11-4-2-6-1-3-8-5-6/h1,3,5,8H,2,4H2,(H,9,10). The third kappa shape index (κ3) is 2.75. The smallest absolute Gasteiger partial charge is 0.450 e. The van der Waals surface area contributed by atoms with Crippen LogP contribution in [0.2, 0.25) is 0 Å². The van der Waals surface area contributed by atoms with E-state index in [0.717, 1.165) is 5.56 Å². The molecule has 1 heterocycles. The number of nitrogens with one attached hydrogen (secondary N) is 1. The van der Waals surface area contributed by atoms with E-state index in [1.165, 1.54) is 0 Å². The van der Waals surface area contributed by atoms with Gasteiger partial charge in [-0.3, -0.25) is 0 Å². The van der Waals surface area contributed by atoms with E-state index >= 15 is 0 Å². The Morgan fingerprint density at radius 2 is 2.55 bits per heavy atom. The van der Waals surface area contributed by atoms with Crippen molar-refractivity contribution in [2.45, 2.75) is 6.42 Å². The van der Waals surface area contributed by atoms with E-state index in [4.69, 9.17) is 5.11 Å². The average Bonchev–Trinajstić information content (AvgIpc) is 2.39. The van der Waals surface area contributed by atoms with Gasteiger partial charge in [-0.25, -0.2) is 4.79 Å². The molecule has 0 spiro atoms. The van der Waals surface area contributed by atoms with Crippen LogP contribution < -0.4 is 0 Å². The quantitative estimate of drug-likeness (QED) is 0.646. The van der Waals surface area contributed by atoms with Gasteiger partial charge in [0.05, 0.1) is 6.61 Å². The Bertz CT molecular complexity index is 218. The summed E-state index contributed by atoms with van der Waals surface area (Å²) in [6.45, 7) is 0.215. The lowest BCUT2D eigenvalue weighted by Crippen LogP contribution is -2.03. The monoisotopic (exact) mass is 155 g/mol. The highest BCUT2D eigenvalue weighted by atomic mass is 16.7. The molecule has 0 saturated carbocycles. The average molecular weight is 155 g/mol. The lowest BCUT2D eigenvalue weighted by molar-refractivity contribution is 0.0927. The van der Waals surface area contributed by atoms with E-state index in [9.17, 15) is 4.79 Å². The first-order valence-electron chi connectivity index (χ1n) is 3.26. The van der Waals surface area contributed by atoms with Crippen molar-refractivity contribution in [3.63, 3.8) is 0 Å². The van der Waals surface area contributed by atoms with Crippen molar-refractivity contribution in [3.05, 3.63) is 24.0 Å². The summed E-state index contributed by atoms with van der Waals surface area (Å²) < 4.78 is 4.32. The normalized spacial score (nSPS) is 9.45. The van der Waals surface area contributed by atoms with Gasteiger partial charge in [0.2, 0.25) is 0 Å². The fourth-order valence-electron chi connectivity index (χ4n) is 0.770. The molecule has 0 aliphatic heterocycles. The third-order valence-electron chi connectivity index (χ3n) is 1.28. The Kier molecular flexibility index (Phi) is 2.54. The molecule has 4 heteroatoms. The summed E-state index contributed by atoms with van der Waals surface area (Å²) in [5.41, 5.74) is 1.05. The molecule has 11 heavy (non-hydrogen) atoms. The Labute approximate surface area is 63.8 Å². The Morgan fingerprint density at radius 1 is 1.73 bits per heavy atom. The second kappa shape index (κ2) is 3.65. The zero-order chi connectivity index (χ0) is 8.10. The summed E-state index contributed by atoms with van der Waals surface area (Å²) in [7, 11) is 0. The van der Waals surface area contributed by atoms with Crippen LogP contribution in [0.4, 0.5) is 4.79 Å². The van der Waals surface area contributed by atoms with Gasteiger partial charge in [0.1, 0.15) is 0 Å². The van der Waals surface area contributed by atoms with E-state index in [1.54, 1.807) is 6.20 Å². The molecule has 1 rings (SSSR count). The van der Waals surface area contributed by atoms with Gasteiger partial charge in [-0.05, 0) is 11.6 Å². The second-order valence-electron chi connectivity index (χ2n) is 2.08. The van der Waals surface area contributed by atoms with E-state index in [1.807, 2.05) is 12.3 Å². The highest BCUT2D eigenvalue weighted by Crippen LogP contribution is 1.97. The number of carbonyl (C=O) groups is 1. The summed E-state index contributed by atoms with van der Waals surface area (Å²) in [4.78, 5) is 12.8. The number of aromatic nitrogens is 1. The van der Waals surface area contributed by atoms with E-state index < -0.39 is 6.16 Å². The molecule has 0 radical (unpaired) electrons. The lowest BCUT2D eigenvalue weighted by atomic mass is 10.3. The minimum atomic E-state index is -1.22. The molecule has 1 aromatic rings. The number of H-pyrrole nitrogens is 1. The van der Waals surface area contributed by atoms with E-state index in [0.29, 0.717) is 6.42 Å². The molecule has 1 aromatic heterocycles. The zero-order valence-corrected chi connectivity index (χ0v) is 5.91. The third-order valence-corrected chi connectivity index (χ3v) is 1.28. The van der Waals surface area contributed by atoms with Crippen LogP contribution in [0.15, 0.2) is 18.5 Å². The van der Waals surface area contributed by atoms with Crippen molar-refractivity contribution < 1.29 is 14.6 Å². The summed E-state index contributed by atoms with van der Waals surface area (Å²) in [6.07, 6.45) is 3.00. The molecule has 0 saturated heterocycles. The molecule has 2 N–H and O–H groups in total. The Balaban J connectivity index is 2.19. The zero-order valence-electron chi connectivity index (χ0n) is 5.91. The molecule has 0 bridgehead atoms. The molecule has 0 aliphatic rings. The highest BCUT2D eigenvalue weighted by molar-refractivity contribution is 5.56. The van der Waals surface area contributed by atoms with E-state index in [2.05, 4.69) is 9.72 Å². The van der Waals surface area contributed by atoms with Crippen molar-refractivity contribution in [3.8, 4) is 0 Å². The Morgan fingerprint density at radius 3 is 3.09 bits per heavy atom. The second-order valence-corrected chi connectivity index (χ2v) is 2.08. The van der Waals surface area contributed by atoms with Crippen LogP contribution in [-0.2, 0) is 11.2 Å². The molecule has 0 unspecified atom stereocenters. The molecular weight excluding hydrogens is 146 g/mol. The maximum atomic E-state index is 9.90. The molecule has 0 fully saturated rings. The molecule has 0 amide bonds. The van der Waals surface area contributed by atoms with Crippen LogP contribution >= 0.6 is 0 Å². The van der Waals surface area contributed by atoms with Crippen LogP contribution in [0.25, 0.3) is 0 Å². The van der Waals surface area contributed by atoms with Gasteiger partial charge >= 0.3 is 6.16 Å². The van der Waals surface area contributed by atoms with Crippen molar-refractivity contribution in [1.29, 1.82) is 0 Å². The van der Waals surface area contributed by atoms with Gasteiger partial charge in [0.15, 0.2) is 0 Å². The first-order chi connectivity index (χ1) is 5.29. The molecule has 0 atom stereocenters. The van der Waals surface area contributed by atoms with Crippen LogP contribution in [0.3, 0.4) is 0 Å². The first kappa shape index (κ1) is 7.65. The van der Waals surface area contributed by atoms with Gasteiger partial charge < -0.3 is 14.8 Å². The SMILES string of the molecule is O=C(O)OCCc1cc[nH]c1. The predicted molar refractivity (Wildman–Crippen MR) is 38.5 cm³/mol. The fourth-order valence-corrected chi connectivity index (χ4v) is 0.770. The van der Waals surface area contributed by atoms with Crippen LogP contribution in [-0.4, -0.2) is 22.9 Å². The molecule has 60 valence electrons. The lowest BCUT2D eigenvalue weighted by Gasteiger charge is -1.96. The van der Waals surface area contributed by atoms with Gasteiger partial charge in [0.25, 0.3) is 0 Å². The van der Waals surface area contributed by atoms with Crippen molar-refractivity contribution in [2.75, 3.05) is 6.61 Å². The van der Waals surface area contributed by atoms with Gasteiger partial charge in [0, 0.05) is 18.8 Å². The highest BCUT2D eigenvalue weighted by Gasteiger charge is 1.96. The number of aromatic amines is 1.